The van der Waals surface area contributed by atoms with Gasteiger partial charge in [-0.15, -0.1) is 0 Å². The second-order valence-corrected chi connectivity index (χ2v) is 5.44. The molecule has 1 heterocycles. The van der Waals surface area contributed by atoms with Gasteiger partial charge in [0.1, 0.15) is 6.04 Å². The molecule has 1 amide bonds. The molecule has 5 nitrogen and oxygen atoms in total. The smallest absolute Gasteiger partial charge is 0.326 e. The number of nitrogens with zero attached hydrogens (tertiary/aromatic N) is 1. The van der Waals surface area contributed by atoms with Crippen molar-refractivity contribution in [2.24, 2.45) is 0 Å². The summed E-state index contributed by atoms with van der Waals surface area (Å²) >= 11 is 3.30. The number of anilines is 1. The van der Waals surface area contributed by atoms with Crippen LogP contribution in [0.25, 0.3) is 0 Å². The van der Waals surface area contributed by atoms with Gasteiger partial charge in [0, 0.05) is 16.7 Å². The molecule has 1 aromatic carbocycles. The number of likely N-dealkylation sites (tertiary alicyclic amines) is 1. The van der Waals surface area contributed by atoms with Crippen LogP contribution in [0, 0.1) is 0 Å². The van der Waals surface area contributed by atoms with E-state index in [2.05, 4.69) is 15.9 Å². The van der Waals surface area contributed by atoms with E-state index in [9.17, 15) is 14.7 Å². The number of carbonyl (C=O) groups is 2. The number of carboxylic acids is 1. The predicted molar refractivity (Wildman–Crippen MR) is 74.9 cm³/mol. The third kappa shape index (κ3) is 2.89. The minimum Gasteiger partial charge on any atom is -0.480 e. The Bertz CT molecular complexity index is 519. The molecule has 0 aliphatic carbocycles. The van der Waals surface area contributed by atoms with Crippen LogP contribution in [-0.2, 0) is 4.79 Å². The molecule has 0 spiro atoms. The van der Waals surface area contributed by atoms with Gasteiger partial charge in [-0.1, -0.05) is 0 Å². The first kappa shape index (κ1) is 13.9. The average Bonchev–Trinajstić information content (AvgIpc) is 2.40. The third-order valence-electron chi connectivity index (χ3n) is 3.27. The Balaban J connectivity index is 2.31. The first-order valence-electron chi connectivity index (χ1n) is 6.09. The zero-order valence-corrected chi connectivity index (χ0v) is 11.9. The highest BCUT2D eigenvalue weighted by Gasteiger charge is 2.33. The Morgan fingerprint density at radius 1 is 1.37 bits per heavy atom. The van der Waals surface area contributed by atoms with E-state index in [0.717, 1.165) is 12.8 Å². The largest absolute Gasteiger partial charge is 0.480 e. The molecule has 1 aliphatic rings. The summed E-state index contributed by atoms with van der Waals surface area (Å²) in [5, 5.41) is 9.20. The van der Waals surface area contributed by atoms with Crippen LogP contribution in [0.5, 0.6) is 0 Å². The summed E-state index contributed by atoms with van der Waals surface area (Å²) in [5.41, 5.74) is 6.57. The maximum Gasteiger partial charge on any atom is 0.326 e. The fourth-order valence-electron chi connectivity index (χ4n) is 2.29. The molecule has 0 saturated carbocycles. The zero-order valence-electron chi connectivity index (χ0n) is 10.3. The highest BCUT2D eigenvalue weighted by Crippen LogP contribution is 2.25. The molecule has 3 N–H and O–H groups in total. The number of amides is 1. The first-order chi connectivity index (χ1) is 9.00. The molecule has 1 aromatic rings. The molecule has 1 fully saturated rings. The normalized spacial score (nSPS) is 19.2. The Morgan fingerprint density at radius 2 is 2.11 bits per heavy atom. The van der Waals surface area contributed by atoms with Crippen molar-refractivity contribution in [1.29, 1.82) is 0 Å². The van der Waals surface area contributed by atoms with Gasteiger partial charge in [0.25, 0.3) is 5.91 Å². The van der Waals surface area contributed by atoms with Crippen LogP contribution < -0.4 is 5.73 Å². The van der Waals surface area contributed by atoms with Crippen molar-refractivity contribution in [3.8, 4) is 0 Å². The summed E-state index contributed by atoms with van der Waals surface area (Å²) in [5.74, 6) is -1.24. The van der Waals surface area contributed by atoms with Crippen LogP contribution in [0.4, 0.5) is 5.69 Å². The van der Waals surface area contributed by atoms with Gasteiger partial charge in [0.15, 0.2) is 0 Å². The van der Waals surface area contributed by atoms with Gasteiger partial charge in [-0.2, -0.15) is 0 Å². The topological polar surface area (TPSA) is 83.6 Å². The monoisotopic (exact) mass is 326 g/mol. The van der Waals surface area contributed by atoms with Crippen molar-refractivity contribution < 1.29 is 14.7 Å². The molecule has 1 aliphatic heterocycles. The first-order valence-corrected chi connectivity index (χ1v) is 6.89. The number of piperidine rings is 1. The molecule has 1 atom stereocenters. The second-order valence-electron chi connectivity index (χ2n) is 4.59. The van der Waals surface area contributed by atoms with E-state index in [4.69, 9.17) is 5.73 Å². The van der Waals surface area contributed by atoms with Gasteiger partial charge in [0.05, 0.1) is 5.56 Å². The fourth-order valence-corrected chi connectivity index (χ4v) is 2.71. The Morgan fingerprint density at radius 3 is 2.79 bits per heavy atom. The van der Waals surface area contributed by atoms with Crippen molar-refractivity contribution in [2.75, 3.05) is 12.3 Å². The maximum atomic E-state index is 12.5. The molecule has 0 unspecified atom stereocenters. The van der Waals surface area contributed by atoms with E-state index in [0.29, 0.717) is 28.7 Å². The van der Waals surface area contributed by atoms with E-state index in [1.165, 1.54) is 4.90 Å². The lowest BCUT2D eigenvalue weighted by atomic mass is 10.0. The number of nitrogens with two attached hydrogens (primary N) is 1. The molecular weight excluding hydrogens is 312 g/mol. The molecule has 2 rings (SSSR count). The summed E-state index contributed by atoms with van der Waals surface area (Å²) < 4.78 is 0.626. The molecule has 19 heavy (non-hydrogen) atoms. The number of aliphatic carboxylic acids is 1. The summed E-state index contributed by atoms with van der Waals surface area (Å²) in [6, 6.07) is 4.21. The summed E-state index contributed by atoms with van der Waals surface area (Å²) in [6.07, 6.45) is 2.16. The molecule has 6 heteroatoms. The number of halogens is 1. The van der Waals surface area contributed by atoms with Gasteiger partial charge >= 0.3 is 5.97 Å². The van der Waals surface area contributed by atoms with Crippen LogP contribution in [0.2, 0.25) is 0 Å². The Labute approximate surface area is 119 Å². The van der Waals surface area contributed by atoms with Crippen molar-refractivity contribution in [2.45, 2.75) is 25.3 Å². The number of nitrogen functional groups attached to an aromatic ring is 1. The average molecular weight is 327 g/mol. The van der Waals surface area contributed by atoms with Gasteiger partial charge in [-0.3, -0.25) is 4.79 Å². The number of carbonyl (C=O) groups excluding carboxylic acids is 1. The lowest BCUT2D eigenvalue weighted by Gasteiger charge is -2.33. The maximum absolute atomic E-state index is 12.5. The van der Waals surface area contributed by atoms with Crippen molar-refractivity contribution in [1.82, 2.24) is 4.90 Å². The van der Waals surface area contributed by atoms with Gasteiger partial charge in [-0.25, -0.2) is 4.79 Å². The van der Waals surface area contributed by atoms with E-state index >= 15 is 0 Å². The van der Waals surface area contributed by atoms with E-state index < -0.39 is 12.0 Å². The summed E-state index contributed by atoms with van der Waals surface area (Å²) in [7, 11) is 0. The summed E-state index contributed by atoms with van der Waals surface area (Å²) in [4.78, 5) is 25.1. The van der Waals surface area contributed by atoms with Crippen LogP contribution in [-0.4, -0.2) is 34.5 Å². The fraction of sp³-hybridized carbons (Fsp3) is 0.385. The number of carboxylic acid groups (broad SMARTS) is 1. The molecule has 102 valence electrons. The van der Waals surface area contributed by atoms with Crippen molar-refractivity contribution in [3.63, 3.8) is 0 Å². The van der Waals surface area contributed by atoms with E-state index in [1.54, 1.807) is 18.2 Å². The summed E-state index contributed by atoms with van der Waals surface area (Å²) in [6.45, 7) is 0.469. The van der Waals surface area contributed by atoms with Crippen molar-refractivity contribution in [3.05, 3.63) is 28.2 Å². The highest BCUT2D eigenvalue weighted by atomic mass is 79.9. The molecule has 0 bridgehead atoms. The minimum absolute atomic E-state index is 0.286. The Hall–Kier alpha value is -1.56. The van der Waals surface area contributed by atoms with E-state index in [1.807, 2.05) is 0 Å². The van der Waals surface area contributed by atoms with Gasteiger partial charge in [0.2, 0.25) is 0 Å². The molecule has 0 radical (unpaired) electrons. The van der Waals surface area contributed by atoms with Crippen LogP contribution in [0.15, 0.2) is 22.7 Å². The number of rotatable bonds is 2. The van der Waals surface area contributed by atoms with Crippen LogP contribution in [0.1, 0.15) is 29.6 Å². The standard InChI is InChI=1S/C13H15BrN2O3/c14-10-5-4-8(15)7-9(10)12(17)16-6-2-1-3-11(16)13(18)19/h4-5,7,11H,1-3,6,15H2,(H,18,19)/t11-/m0/s1. The predicted octanol–water partition coefficient (Wildman–Crippen LogP) is 2.11. The third-order valence-corrected chi connectivity index (χ3v) is 3.96. The number of hydrogen-bond donors (Lipinski definition) is 2. The zero-order chi connectivity index (χ0) is 14.0. The van der Waals surface area contributed by atoms with Gasteiger partial charge < -0.3 is 15.7 Å². The number of hydrogen-bond acceptors (Lipinski definition) is 3. The Kier molecular flexibility index (Phi) is 4.09. The van der Waals surface area contributed by atoms with Crippen LogP contribution in [0.3, 0.4) is 0 Å². The van der Waals surface area contributed by atoms with Gasteiger partial charge in [-0.05, 0) is 53.4 Å². The SMILES string of the molecule is Nc1ccc(Br)c(C(=O)N2CCCC[C@H]2C(=O)O)c1. The lowest BCUT2D eigenvalue weighted by Crippen LogP contribution is -2.48. The quantitative estimate of drug-likeness (QED) is 0.815. The van der Waals surface area contributed by atoms with Crippen LogP contribution >= 0.6 is 15.9 Å². The lowest BCUT2D eigenvalue weighted by molar-refractivity contribution is -0.143. The molecule has 1 saturated heterocycles. The number of benzene rings is 1. The minimum atomic E-state index is -0.951. The van der Waals surface area contributed by atoms with Crippen molar-refractivity contribution >= 4 is 33.5 Å². The molecular formula is C13H15BrN2O3. The second kappa shape index (κ2) is 5.61. The molecule has 0 aromatic heterocycles. The highest BCUT2D eigenvalue weighted by molar-refractivity contribution is 9.10. The van der Waals surface area contributed by atoms with E-state index in [-0.39, 0.29) is 5.91 Å².